The molecule has 4 rings (SSSR count). The zero-order valence-electron chi connectivity index (χ0n) is 15.3. The molecule has 0 aliphatic carbocycles. The van der Waals surface area contributed by atoms with Crippen LogP contribution in [0.25, 0.3) is 0 Å². The van der Waals surface area contributed by atoms with Crippen LogP contribution in [0.3, 0.4) is 0 Å². The van der Waals surface area contributed by atoms with Crippen molar-refractivity contribution in [3.8, 4) is 0 Å². The number of anilines is 2. The van der Waals surface area contributed by atoms with E-state index < -0.39 is 17.6 Å². The minimum atomic E-state index is -0.897. The van der Waals surface area contributed by atoms with E-state index in [4.69, 9.17) is 4.74 Å². The van der Waals surface area contributed by atoms with Gasteiger partial charge in [-0.1, -0.05) is 18.2 Å². The second-order valence-electron chi connectivity index (χ2n) is 6.77. The molecule has 3 heterocycles. The van der Waals surface area contributed by atoms with E-state index >= 15 is 0 Å². The number of ether oxygens (including phenoxy) is 1. The summed E-state index contributed by atoms with van der Waals surface area (Å²) >= 11 is 0. The molecule has 146 valence electrons. The number of benzene rings is 1. The summed E-state index contributed by atoms with van der Waals surface area (Å²) in [5.74, 6) is -1.35. The summed E-state index contributed by atoms with van der Waals surface area (Å²) in [6, 6.07) is 9.90. The van der Waals surface area contributed by atoms with E-state index in [-0.39, 0.29) is 24.6 Å². The van der Waals surface area contributed by atoms with Crippen molar-refractivity contribution in [2.75, 3.05) is 43.1 Å². The average Bonchev–Trinajstić information content (AvgIpc) is 2.74. The van der Waals surface area contributed by atoms with E-state index in [1.165, 1.54) is 6.07 Å². The molecule has 0 saturated carbocycles. The van der Waals surface area contributed by atoms with E-state index in [2.05, 4.69) is 20.5 Å². The van der Waals surface area contributed by atoms with Crippen LogP contribution in [0.2, 0.25) is 0 Å². The fourth-order valence-electron chi connectivity index (χ4n) is 3.38. The SMILES string of the molecule is O=C(NCc1ccccc1F)C1CNc2ccc(N3CCOCC3)nc2C1=O. The molecule has 1 atom stereocenters. The molecule has 1 aromatic heterocycles. The fourth-order valence-corrected chi connectivity index (χ4v) is 3.38. The Bertz CT molecular complexity index is 899. The van der Waals surface area contributed by atoms with Crippen molar-refractivity contribution >= 4 is 23.2 Å². The summed E-state index contributed by atoms with van der Waals surface area (Å²) in [7, 11) is 0. The van der Waals surface area contributed by atoms with Gasteiger partial charge in [0.2, 0.25) is 5.91 Å². The number of carbonyl (C=O) groups excluding carboxylic acids is 2. The van der Waals surface area contributed by atoms with Crippen LogP contribution >= 0.6 is 0 Å². The lowest BCUT2D eigenvalue weighted by molar-refractivity contribution is -0.123. The van der Waals surface area contributed by atoms with Crippen LogP contribution in [0.5, 0.6) is 0 Å². The van der Waals surface area contributed by atoms with Gasteiger partial charge < -0.3 is 20.3 Å². The Hall–Kier alpha value is -3.00. The molecule has 1 aromatic carbocycles. The smallest absolute Gasteiger partial charge is 0.233 e. The zero-order chi connectivity index (χ0) is 19.5. The first-order valence-electron chi connectivity index (χ1n) is 9.26. The number of carbonyl (C=O) groups is 2. The summed E-state index contributed by atoms with van der Waals surface area (Å²) in [6.45, 7) is 2.87. The van der Waals surface area contributed by atoms with Gasteiger partial charge >= 0.3 is 0 Å². The lowest BCUT2D eigenvalue weighted by Gasteiger charge is -2.29. The first-order valence-corrected chi connectivity index (χ1v) is 9.26. The van der Waals surface area contributed by atoms with Crippen molar-refractivity contribution in [1.82, 2.24) is 10.3 Å². The van der Waals surface area contributed by atoms with Crippen LogP contribution in [-0.4, -0.2) is 49.5 Å². The lowest BCUT2D eigenvalue weighted by Crippen LogP contribution is -2.43. The van der Waals surface area contributed by atoms with Gasteiger partial charge in [0, 0.05) is 31.7 Å². The minimum absolute atomic E-state index is 0.0311. The third-order valence-corrected chi connectivity index (χ3v) is 4.99. The molecule has 0 spiro atoms. The second-order valence-corrected chi connectivity index (χ2v) is 6.77. The Balaban J connectivity index is 1.47. The third-order valence-electron chi connectivity index (χ3n) is 4.99. The molecule has 2 aromatic rings. The molecular formula is C20H21FN4O3. The van der Waals surface area contributed by atoms with Gasteiger partial charge in [0.1, 0.15) is 23.2 Å². The van der Waals surface area contributed by atoms with Gasteiger partial charge in [0.15, 0.2) is 5.78 Å². The van der Waals surface area contributed by atoms with Crippen molar-refractivity contribution in [2.24, 2.45) is 5.92 Å². The molecule has 2 N–H and O–H groups in total. The number of hydrogen-bond acceptors (Lipinski definition) is 6. The summed E-state index contributed by atoms with van der Waals surface area (Å²) in [5, 5.41) is 5.76. The quantitative estimate of drug-likeness (QED) is 0.779. The first-order chi connectivity index (χ1) is 13.6. The Morgan fingerprint density at radius 1 is 1.25 bits per heavy atom. The first kappa shape index (κ1) is 18.4. The van der Waals surface area contributed by atoms with E-state index in [1.54, 1.807) is 18.2 Å². The van der Waals surface area contributed by atoms with Gasteiger partial charge in [-0.25, -0.2) is 9.37 Å². The van der Waals surface area contributed by atoms with Crippen LogP contribution in [0.1, 0.15) is 16.1 Å². The number of halogens is 1. The second kappa shape index (κ2) is 7.93. The zero-order valence-corrected chi connectivity index (χ0v) is 15.3. The molecule has 1 amide bonds. The maximum absolute atomic E-state index is 13.7. The molecule has 1 fully saturated rings. The molecule has 7 nitrogen and oxygen atoms in total. The van der Waals surface area contributed by atoms with E-state index in [0.29, 0.717) is 43.4 Å². The maximum atomic E-state index is 13.7. The number of rotatable bonds is 4. The largest absolute Gasteiger partial charge is 0.382 e. The van der Waals surface area contributed by atoms with Crippen LogP contribution in [0.4, 0.5) is 15.9 Å². The van der Waals surface area contributed by atoms with Crippen LogP contribution in [0, 0.1) is 11.7 Å². The molecule has 2 aliphatic heterocycles. The molecule has 28 heavy (non-hydrogen) atoms. The molecule has 1 unspecified atom stereocenters. The van der Waals surface area contributed by atoms with E-state index in [0.717, 1.165) is 0 Å². The number of aromatic nitrogens is 1. The number of hydrogen-bond donors (Lipinski definition) is 2. The number of ketones is 1. The predicted molar refractivity (Wildman–Crippen MR) is 102 cm³/mol. The third kappa shape index (κ3) is 3.68. The topological polar surface area (TPSA) is 83.6 Å². The van der Waals surface area contributed by atoms with Crippen LogP contribution in [-0.2, 0) is 16.1 Å². The van der Waals surface area contributed by atoms with Crippen molar-refractivity contribution in [3.05, 3.63) is 53.5 Å². The maximum Gasteiger partial charge on any atom is 0.233 e. The molecule has 8 heteroatoms. The number of Topliss-reactive ketones (excluding diaryl/α,β-unsaturated/α-hetero) is 1. The number of fused-ring (bicyclic) bond motifs is 1. The fraction of sp³-hybridized carbons (Fsp3) is 0.350. The Labute approximate surface area is 161 Å². The van der Waals surface area contributed by atoms with Gasteiger partial charge in [0.25, 0.3) is 0 Å². The highest BCUT2D eigenvalue weighted by molar-refractivity contribution is 6.13. The minimum Gasteiger partial charge on any atom is -0.382 e. The van der Waals surface area contributed by atoms with Gasteiger partial charge in [-0.05, 0) is 18.2 Å². The number of morpholine rings is 1. The van der Waals surface area contributed by atoms with Crippen molar-refractivity contribution < 1.29 is 18.7 Å². The van der Waals surface area contributed by atoms with Crippen molar-refractivity contribution in [1.29, 1.82) is 0 Å². The van der Waals surface area contributed by atoms with Crippen molar-refractivity contribution in [3.63, 3.8) is 0 Å². The number of nitrogens with zero attached hydrogens (tertiary/aromatic N) is 2. The lowest BCUT2D eigenvalue weighted by atomic mass is 9.95. The standard InChI is InChI=1S/C20H21FN4O3/c21-15-4-2-1-3-13(15)11-23-20(27)14-12-22-16-5-6-17(24-18(16)19(14)26)25-7-9-28-10-8-25/h1-6,14,22H,7-12H2,(H,23,27). The highest BCUT2D eigenvalue weighted by atomic mass is 19.1. The highest BCUT2D eigenvalue weighted by Crippen LogP contribution is 2.26. The molecule has 2 aliphatic rings. The molecular weight excluding hydrogens is 363 g/mol. The number of amides is 1. The van der Waals surface area contributed by atoms with Gasteiger partial charge in [-0.2, -0.15) is 0 Å². The Morgan fingerprint density at radius 2 is 2.04 bits per heavy atom. The Morgan fingerprint density at radius 3 is 2.82 bits per heavy atom. The number of nitrogens with one attached hydrogen (secondary N) is 2. The summed E-state index contributed by atoms with van der Waals surface area (Å²) in [4.78, 5) is 32.0. The number of pyridine rings is 1. The highest BCUT2D eigenvalue weighted by Gasteiger charge is 2.34. The summed E-state index contributed by atoms with van der Waals surface area (Å²) in [5.41, 5.74) is 1.27. The summed E-state index contributed by atoms with van der Waals surface area (Å²) < 4.78 is 19.1. The van der Waals surface area contributed by atoms with Crippen LogP contribution < -0.4 is 15.5 Å². The van der Waals surface area contributed by atoms with Crippen LogP contribution in [0.15, 0.2) is 36.4 Å². The van der Waals surface area contributed by atoms with Gasteiger partial charge in [-0.3, -0.25) is 9.59 Å². The monoisotopic (exact) mass is 384 g/mol. The average molecular weight is 384 g/mol. The van der Waals surface area contributed by atoms with E-state index in [1.807, 2.05) is 12.1 Å². The van der Waals surface area contributed by atoms with Gasteiger partial charge in [0.05, 0.1) is 18.9 Å². The van der Waals surface area contributed by atoms with Crippen molar-refractivity contribution in [2.45, 2.75) is 6.54 Å². The molecule has 0 radical (unpaired) electrons. The Kier molecular flexibility index (Phi) is 5.21. The predicted octanol–water partition coefficient (Wildman–Crippen LogP) is 1.60. The summed E-state index contributed by atoms with van der Waals surface area (Å²) in [6.07, 6.45) is 0. The van der Waals surface area contributed by atoms with E-state index in [9.17, 15) is 14.0 Å². The normalized spacial score (nSPS) is 19.0. The molecule has 1 saturated heterocycles. The molecule has 0 bridgehead atoms. The van der Waals surface area contributed by atoms with Gasteiger partial charge in [-0.15, -0.1) is 0 Å².